The fraction of sp³-hybridized carbons (Fsp3) is 0.467. The number of carbonyl (C=O) groups excluding carboxylic acids is 2. The minimum atomic E-state index is -0.403. The summed E-state index contributed by atoms with van der Waals surface area (Å²) < 4.78 is 10.9. The highest BCUT2D eigenvalue weighted by Gasteiger charge is 2.49. The van der Waals surface area contributed by atoms with Crippen LogP contribution in [0.2, 0.25) is 0 Å². The average molecular weight is 290 g/mol. The zero-order valence-electron chi connectivity index (χ0n) is 12.0. The van der Waals surface area contributed by atoms with E-state index in [1.54, 1.807) is 31.4 Å². The first kappa shape index (κ1) is 14.0. The predicted octanol–water partition coefficient (Wildman–Crippen LogP) is 1.37. The third-order valence-corrected chi connectivity index (χ3v) is 4.06. The molecule has 2 saturated heterocycles. The van der Waals surface area contributed by atoms with Crippen molar-refractivity contribution < 1.29 is 19.1 Å². The second kappa shape index (κ2) is 5.46. The SMILES string of the molecule is CO[C@H]1C[C@H]2[C@H](NC(=O)N2C(=O)c2ccccc2)[C@H](C)O1. The third-order valence-electron chi connectivity index (χ3n) is 4.06. The molecule has 0 saturated carbocycles. The molecule has 0 bridgehead atoms. The number of hydrogen-bond acceptors (Lipinski definition) is 4. The maximum Gasteiger partial charge on any atom is 0.325 e. The Kier molecular flexibility index (Phi) is 3.65. The number of rotatable bonds is 2. The van der Waals surface area contributed by atoms with E-state index in [1.165, 1.54) is 4.90 Å². The van der Waals surface area contributed by atoms with E-state index in [-0.39, 0.29) is 30.1 Å². The number of fused-ring (bicyclic) bond motifs is 1. The van der Waals surface area contributed by atoms with Gasteiger partial charge in [0.2, 0.25) is 0 Å². The van der Waals surface area contributed by atoms with Crippen molar-refractivity contribution in [3.8, 4) is 0 Å². The molecule has 1 aromatic carbocycles. The van der Waals surface area contributed by atoms with Gasteiger partial charge in [-0.1, -0.05) is 18.2 Å². The molecule has 6 nitrogen and oxygen atoms in total. The number of amides is 3. The smallest absolute Gasteiger partial charge is 0.325 e. The van der Waals surface area contributed by atoms with Gasteiger partial charge in [0.15, 0.2) is 6.29 Å². The molecule has 0 unspecified atom stereocenters. The highest BCUT2D eigenvalue weighted by atomic mass is 16.7. The van der Waals surface area contributed by atoms with E-state index >= 15 is 0 Å². The van der Waals surface area contributed by atoms with Gasteiger partial charge in [0.25, 0.3) is 5.91 Å². The van der Waals surface area contributed by atoms with E-state index in [0.717, 1.165) is 0 Å². The first-order chi connectivity index (χ1) is 10.1. The van der Waals surface area contributed by atoms with Gasteiger partial charge in [-0.2, -0.15) is 0 Å². The molecule has 2 aliphatic heterocycles. The van der Waals surface area contributed by atoms with Crippen molar-refractivity contribution in [2.75, 3.05) is 7.11 Å². The summed E-state index contributed by atoms with van der Waals surface area (Å²) in [4.78, 5) is 26.1. The van der Waals surface area contributed by atoms with Crippen LogP contribution >= 0.6 is 0 Å². The number of carbonyl (C=O) groups is 2. The number of benzene rings is 1. The first-order valence-electron chi connectivity index (χ1n) is 6.99. The van der Waals surface area contributed by atoms with Crippen molar-refractivity contribution in [1.82, 2.24) is 10.2 Å². The summed E-state index contributed by atoms with van der Waals surface area (Å²) in [5, 5.41) is 2.84. The van der Waals surface area contributed by atoms with Crippen LogP contribution < -0.4 is 5.32 Å². The molecule has 0 aliphatic carbocycles. The molecule has 0 radical (unpaired) electrons. The van der Waals surface area contributed by atoms with Crippen molar-refractivity contribution >= 4 is 11.9 Å². The minimum absolute atomic E-state index is 0.198. The fourth-order valence-corrected chi connectivity index (χ4v) is 2.99. The number of methoxy groups -OCH3 is 1. The molecule has 3 rings (SSSR count). The van der Waals surface area contributed by atoms with Crippen LogP contribution in [0.4, 0.5) is 4.79 Å². The summed E-state index contributed by atoms with van der Waals surface area (Å²) in [6.45, 7) is 1.87. The van der Waals surface area contributed by atoms with E-state index in [9.17, 15) is 9.59 Å². The topological polar surface area (TPSA) is 67.9 Å². The predicted molar refractivity (Wildman–Crippen MR) is 74.7 cm³/mol. The van der Waals surface area contributed by atoms with Gasteiger partial charge in [-0.15, -0.1) is 0 Å². The zero-order chi connectivity index (χ0) is 15.0. The molecule has 4 atom stereocenters. The van der Waals surface area contributed by atoms with Gasteiger partial charge in [0.05, 0.1) is 18.2 Å². The molecule has 2 fully saturated rings. The summed E-state index contributed by atoms with van der Waals surface area (Å²) in [5.74, 6) is -0.287. The lowest BCUT2D eigenvalue weighted by Crippen LogP contribution is -2.53. The molecule has 1 N–H and O–H groups in total. The summed E-state index contributed by atoms with van der Waals surface area (Å²) in [6.07, 6.45) is -0.130. The van der Waals surface area contributed by atoms with E-state index in [1.807, 2.05) is 13.0 Å². The normalized spacial score (nSPS) is 31.7. The average Bonchev–Trinajstić information content (AvgIpc) is 2.84. The first-order valence-corrected chi connectivity index (χ1v) is 6.99. The summed E-state index contributed by atoms with van der Waals surface area (Å²) >= 11 is 0. The van der Waals surface area contributed by atoms with Crippen LogP contribution in [0.1, 0.15) is 23.7 Å². The molecule has 6 heteroatoms. The lowest BCUT2D eigenvalue weighted by atomic mass is 9.97. The van der Waals surface area contributed by atoms with Gasteiger partial charge >= 0.3 is 6.03 Å². The van der Waals surface area contributed by atoms with Crippen molar-refractivity contribution in [2.45, 2.75) is 37.8 Å². The minimum Gasteiger partial charge on any atom is -0.356 e. The maximum atomic E-state index is 12.6. The number of hydrogen-bond donors (Lipinski definition) is 1. The summed E-state index contributed by atoms with van der Waals surface area (Å²) in [6, 6.07) is 7.99. The summed E-state index contributed by atoms with van der Waals surface area (Å²) in [7, 11) is 1.56. The standard InChI is InChI=1S/C15H18N2O4/c1-9-13-11(8-12(20-2)21-9)17(15(19)16-13)14(18)10-6-4-3-5-7-10/h3-7,9,11-13H,8H2,1-2H3,(H,16,19)/t9-,11-,12+,13+/m0/s1. The lowest BCUT2D eigenvalue weighted by Gasteiger charge is -2.37. The van der Waals surface area contributed by atoms with Crippen molar-refractivity contribution in [3.05, 3.63) is 35.9 Å². The van der Waals surface area contributed by atoms with Crippen molar-refractivity contribution in [2.24, 2.45) is 0 Å². The van der Waals surface area contributed by atoms with Gasteiger partial charge in [-0.25, -0.2) is 4.79 Å². The van der Waals surface area contributed by atoms with Crippen LogP contribution in [-0.2, 0) is 9.47 Å². The van der Waals surface area contributed by atoms with Gasteiger partial charge < -0.3 is 14.8 Å². The Hall–Kier alpha value is -1.92. The Bertz CT molecular complexity index is 548. The van der Waals surface area contributed by atoms with E-state index in [2.05, 4.69) is 5.32 Å². The molecule has 3 amide bonds. The molecule has 112 valence electrons. The summed E-state index contributed by atoms with van der Waals surface area (Å²) in [5.41, 5.74) is 0.501. The third kappa shape index (κ3) is 2.41. The highest BCUT2D eigenvalue weighted by molar-refractivity contribution is 6.05. The number of imide groups is 1. The Morgan fingerprint density at radius 2 is 2.10 bits per heavy atom. The van der Waals surface area contributed by atoms with Crippen LogP contribution in [0.3, 0.4) is 0 Å². The highest BCUT2D eigenvalue weighted by Crippen LogP contribution is 2.30. The molecule has 0 aromatic heterocycles. The second-order valence-electron chi connectivity index (χ2n) is 5.33. The molecule has 2 aliphatic rings. The second-order valence-corrected chi connectivity index (χ2v) is 5.33. The van der Waals surface area contributed by atoms with Gasteiger partial charge in [-0.05, 0) is 19.1 Å². The van der Waals surface area contributed by atoms with Gasteiger partial charge in [0.1, 0.15) is 0 Å². The molecule has 2 heterocycles. The number of nitrogens with one attached hydrogen (secondary N) is 1. The molecular weight excluding hydrogens is 272 g/mol. The van der Waals surface area contributed by atoms with Crippen LogP contribution in [-0.4, -0.2) is 48.4 Å². The number of urea groups is 1. The van der Waals surface area contributed by atoms with E-state index in [0.29, 0.717) is 12.0 Å². The maximum absolute atomic E-state index is 12.6. The van der Waals surface area contributed by atoms with Crippen LogP contribution in [0.5, 0.6) is 0 Å². The molecule has 1 aromatic rings. The van der Waals surface area contributed by atoms with E-state index in [4.69, 9.17) is 9.47 Å². The fourth-order valence-electron chi connectivity index (χ4n) is 2.99. The van der Waals surface area contributed by atoms with Crippen LogP contribution in [0.15, 0.2) is 30.3 Å². The molecule has 21 heavy (non-hydrogen) atoms. The number of ether oxygens (including phenoxy) is 2. The molecular formula is C15H18N2O4. The molecule has 0 spiro atoms. The van der Waals surface area contributed by atoms with Gasteiger partial charge in [0, 0.05) is 19.1 Å². The Labute approximate surface area is 123 Å². The van der Waals surface area contributed by atoms with Crippen LogP contribution in [0.25, 0.3) is 0 Å². The van der Waals surface area contributed by atoms with Gasteiger partial charge in [-0.3, -0.25) is 9.69 Å². The number of nitrogens with zero attached hydrogens (tertiary/aromatic N) is 1. The van der Waals surface area contributed by atoms with E-state index < -0.39 is 6.29 Å². The lowest BCUT2D eigenvalue weighted by molar-refractivity contribution is -0.189. The Morgan fingerprint density at radius 3 is 2.76 bits per heavy atom. The Balaban J connectivity index is 1.87. The van der Waals surface area contributed by atoms with Crippen molar-refractivity contribution in [1.29, 1.82) is 0 Å². The van der Waals surface area contributed by atoms with Crippen LogP contribution in [0, 0.1) is 0 Å². The monoisotopic (exact) mass is 290 g/mol. The van der Waals surface area contributed by atoms with Crippen molar-refractivity contribution in [3.63, 3.8) is 0 Å². The quantitative estimate of drug-likeness (QED) is 0.893. The largest absolute Gasteiger partial charge is 0.356 e. The zero-order valence-corrected chi connectivity index (χ0v) is 12.0. The Morgan fingerprint density at radius 1 is 1.38 bits per heavy atom.